The largest absolute Gasteiger partial charge is 0.355 e. The third kappa shape index (κ3) is 10.3. The first kappa shape index (κ1) is 49.5. The summed E-state index contributed by atoms with van der Waals surface area (Å²) >= 11 is 0. The highest BCUT2D eigenvalue weighted by Crippen LogP contribution is 2.43. The molecule has 0 aromatic heterocycles. The topological polar surface area (TPSA) is 18.5 Å². The molecule has 0 amide bonds. The maximum absolute atomic E-state index is 3.97. The third-order valence-electron chi connectivity index (χ3n) is 15.6. The number of fused-ring (bicyclic) bond motifs is 2. The van der Waals surface area contributed by atoms with Crippen molar-refractivity contribution in [2.45, 2.75) is 32.6 Å². The van der Waals surface area contributed by atoms with E-state index in [2.05, 4.69) is 321 Å². The minimum Gasteiger partial charge on any atom is -0.355 e. The number of hydrogen-bond donors (Lipinski definition) is 1. The molecule has 376 valence electrons. The van der Waals surface area contributed by atoms with Crippen LogP contribution in [0.5, 0.6) is 0 Å². The molecule has 2 aliphatic rings. The summed E-state index contributed by atoms with van der Waals surface area (Å²) < 4.78 is 0. The van der Waals surface area contributed by atoms with Gasteiger partial charge in [0.1, 0.15) is 0 Å². The van der Waals surface area contributed by atoms with Gasteiger partial charge in [0, 0.05) is 57.3 Å². The van der Waals surface area contributed by atoms with Crippen LogP contribution >= 0.6 is 0 Å². The number of nitrogens with zero attached hydrogens (tertiary/aromatic N) is 2. The number of aryl methyl sites for hydroxylation is 1. The Labute approximate surface area is 461 Å². The molecule has 78 heavy (non-hydrogen) atoms. The van der Waals surface area contributed by atoms with E-state index in [0.717, 1.165) is 47.7 Å². The smallest absolute Gasteiger partial charge is 0.198 e. The van der Waals surface area contributed by atoms with Crippen molar-refractivity contribution in [1.29, 1.82) is 0 Å². The highest BCUT2D eigenvalue weighted by atomic mass is 15.2. The zero-order chi connectivity index (χ0) is 52.8. The van der Waals surface area contributed by atoms with Crippen molar-refractivity contribution in [2.75, 3.05) is 21.7 Å². The van der Waals surface area contributed by atoms with E-state index in [4.69, 9.17) is 0 Å². The second-order valence-electron chi connectivity index (χ2n) is 20.8. The third-order valence-corrected chi connectivity index (χ3v) is 15.6. The minimum absolute atomic E-state index is 0.128. The van der Waals surface area contributed by atoms with E-state index >= 15 is 0 Å². The molecular weight excluding hydrogens is 942 g/mol. The highest BCUT2D eigenvalue weighted by Gasteiger charge is 2.30. The Kier molecular flexibility index (Phi) is 14.0. The van der Waals surface area contributed by atoms with E-state index in [1.807, 2.05) is 0 Å². The Bertz CT molecular complexity index is 3850. The lowest BCUT2D eigenvalue weighted by Gasteiger charge is -2.35. The van der Waals surface area contributed by atoms with Crippen LogP contribution in [-0.2, 0) is 5.41 Å². The molecule has 10 aromatic rings. The van der Waals surface area contributed by atoms with Gasteiger partial charge in [0.15, 0.2) is 7.28 Å². The fourth-order valence-electron chi connectivity index (χ4n) is 11.4. The van der Waals surface area contributed by atoms with Gasteiger partial charge < -0.3 is 15.1 Å². The Morgan fingerprint density at radius 3 is 1.74 bits per heavy atom. The summed E-state index contributed by atoms with van der Waals surface area (Å²) in [6.07, 6.45) is 14.8. The molecule has 1 unspecified atom stereocenters. The Balaban J connectivity index is 1.02. The summed E-state index contributed by atoms with van der Waals surface area (Å²) in [7, 11) is 0.775. The molecule has 0 radical (unpaired) electrons. The number of rotatable bonds is 14. The van der Waals surface area contributed by atoms with Gasteiger partial charge in [0.05, 0.1) is 0 Å². The molecule has 4 heteroatoms. The maximum Gasteiger partial charge on any atom is 0.198 e. The molecule has 0 fully saturated rings. The van der Waals surface area contributed by atoms with Crippen LogP contribution in [0.4, 0.5) is 34.1 Å². The average Bonchev–Trinajstić information content (AvgIpc) is 3.62. The van der Waals surface area contributed by atoms with E-state index < -0.39 is 0 Å². The van der Waals surface area contributed by atoms with Gasteiger partial charge in [0.2, 0.25) is 0 Å². The highest BCUT2D eigenvalue weighted by molar-refractivity contribution is 6.73. The second-order valence-corrected chi connectivity index (χ2v) is 20.8. The number of hydrogen-bond acceptors (Lipinski definition) is 3. The van der Waals surface area contributed by atoms with Crippen LogP contribution in [0.3, 0.4) is 0 Å². The summed E-state index contributed by atoms with van der Waals surface area (Å²) in [5.41, 5.74) is 24.8. The fourth-order valence-corrected chi connectivity index (χ4v) is 11.4. The predicted octanol–water partition coefficient (Wildman–Crippen LogP) is 17.8. The molecule has 1 aliphatic carbocycles. The lowest BCUT2D eigenvalue weighted by Crippen LogP contribution is -2.43. The van der Waals surface area contributed by atoms with Gasteiger partial charge >= 0.3 is 0 Å². The number of allylic oxidation sites excluding steroid dienone is 6. The zero-order valence-electron chi connectivity index (χ0n) is 44.7. The van der Waals surface area contributed by atoms with E-state index in [1.54, 1.807) is 0 Å². The zero-order valence-corrected chi connectivity index (χ0v) is 44.7. The van der Waals surface area contributed by atoms with Crippen LogP contribution in [0.1, 0.15) is 37.0 Å². The van der Waals surface area contributed by atoms with Crippen LogP contribution in [-0.4, -0.2) is 13.8 Å². The monoisotopic (exact) mass is 1000 g/mol. The molecule has 10 aromatic carbocycles. The molecule has 3 nitrogen and oxygen atoms in total. The summed E-state index contributed by atoms with van der Waals surface area (Å²) in [6, 6.07) is 90.4. The standard InChI is InChI=1S/C74H62BN3/c1-4-54(55-21-10-5-11-22-55)29-20-48-77-71-43-36-61(58-27-16-8-17-28-58)51-69(71)75-73-68(49-53(2)50-72(73)77)67-52-66(41-42-70(67)76-63-37-32-59(33-38-63)56-23-12-6-13-24-56)78(64-39-34-60(35-40-64)57-25-14-7-15-26-57)65-44-46-74(3,47-45-65)62-30-18-9-19-31-62/h4-46,49-52,75-76H,47-48H2,1-3H3/b29-20-,54-4+. The van der Waals surface area contributed by atoms with Crippen LogP contribution in [0.2, 0.25) is 0 Å². The quantitative estimate of drug-likeness (QED) is 0.0865. The Morgan fingerprint density at radius 2 is 1.13 bits per heavy atom. The normalized spacial score (nSPS) is 14.8. The SMILES string of the molecule is C/C=C(\C=C/CN1c2ccc(-c3ccccc3)cc2Bc2c(-c3cc(N(C4=CCC(C)(c5ccccc5)C=C4)c4ccc(-c5ccccc5)cc4)ccc3Nc3ccc(-c4ccccc4)cc3)cc(C)cc21)c1ccccc1. The van der Waals surface area contributed by atoms with Crippen molar-refractivity contribution in [2.24, 2.45) is 0 Å². The van der Waals surface area contributed by atoms with Crippen LogP contribution in [0.15, 0.2) is 291 Å². The molecule has 1 atom stereocenters. The molecule has 1 N–H and O–H groups in total. The molecule has 1 aliphatic heterocycles. The Morgan fingerprint density at radius 1 is 0.564 bits per heavy atom. The Hall–Kier alpha value is -9.38. The summed E-state index contributed by atoms with van der Waals surface area (Å²) in [6.45, 7) is 7.42. The summed E-state index contributed by atoms with van der Waals surface area (Å²) in [5.74, 6) is 0. The lowest BCUT2D eigenvalue weighted by atomic mass is 9.57. The molecule has 1 heterocycles. The number of anilines is 6. The van der Waals surface area contributed by atoms with Crippen LogP contribution in [0.25, 0.3) is 50.1 Å². The van der Waals surface area contributed by atoms with Crippen molar-refractivity contribution in [3.05, 3.63) is 308 Å². The first-order valence-corrected chi connectivity index (χ1v) is 27.3. The lowest BCUT2D eigenvalue weighted by molar-refractivity contribution is 0.595. The number of benzene rings is 10. The van der Waals surface area contributed by atoms with Crippen LogP contribution < -0.4 is 26.0 Å². The van der Waals surface area contributed by atoms with Crippen molar-refractivity contribution in [3.63, 3.8) is 0 Å². The van der Waals surface area contributed by atoms with Gasteiger partial charge in [-0.15, -0.1) is 0 Å². The van der Waals surface area contributed by atoms with Crippen LogP contribution in [0, 0.1) is 6.92 Å². The summed E-state index contributed by atoms with van der Waals surface area (Å²) in [5, 5.41) is 3.97. The molecule has 0 spiro atoms. The van der Waals surface area contributed by atoms with E-state index in [-0.39, 0.29) is 5.41 Å². The van der Waals surface area contributed by atoms with Gasteiger partial charge in [-0.25, -0.2) is 0 Å². The van der Waals surface area contributed by atoms with Crippen molar-refractivity contribution in [1.82, 2.24) is 0 Å². The van der Waals surface area contributed by atoms with E-state index in [1.165, 1.54) is 83.5 Å². The first-order chi connectivity index (χ1) is 38.4. The van der Waals surface area contributed by atoms with Gasteiger partial charge in [-0.1, -0.05) is 237 Å². The average molecular weight is 1000 g/mol. The van der Waals surface area contributed by atoms with Crippen molar-refractivity contribution < 1.29 is 0 Å². The molecule has 12 rings (SSSR count). The summed E-state index contributed by atoms with van der Waals surface area (Å²) in [4.78, 5) is 4.99. The second kappa shape index (κ2) is 22.1. The molecule has 0 saturated heterocycles. The van der Waals surface area contributed by atoms with E-state index in [9.17, 15) is 0 Å². The first-order valence-electron chi connectivity index (χ1n) is 27.3. The maximum atomic E-state index is 3.97. The number of nitrogens with one attached hydrogen (secondary N) is 1. The van der Waals surface area contributed by atoms with E-state index in [0.29, 0.717) is 6.54 Å². The minimum atomic E-state index is -0.128. The van der Waals surface area contributed by atoms with Gasteiger partial charge in [0.25, 0.3) is 0 Å². The van der Waals surface area contributed by atoms with Crippen molar-refractivity contribution >= 4 is 57.9 Å². The molecular formula is C74H62BN3. The van der Waals surface area contributed by atoms with Gasteiger partial charge in [-0.2, -0.15) is 0 Å². The van der Waals surface area contributed by atoms with Gasteiger partial charge in [-0.05, 0) is 148 Å². The fraction of sp³-hybridized carbons (Fsp3) is 0.0811. The van der Waals surface area contributed by atoms with Gasteiger partial charge in [-0.3, -0.25) is 0 Å². The van der Waals surface area contributed by atoms with Crippen molar-refractivity contribution in [3.8, 4) is 44.5 Å². The molecule has 0 saturated carbocycles. The molecule has 0 bridgehead atoms. The predicted molar refractivity (Wildman–Crippen MR) is 336 cm³/mol.